The zero-order valence-electron chi connectivity index (χ0n) is 15.1. The van der Waals surface area contributed by atoms with Crippen molar-refractivity contribution in [1.29, 1.82) is 0 Å². The van der Waals surface area contributed by atoms with Gasteiger partial charge in [-0.1, -0.05) is 39.0 Å². The molecule has 0 aliphatic carbocycles. The highest BCUT2D eigenvalue weighted by Crippen LogP contribution is 2.21. The van der Waals surface area contributed by atoms with Crippen molar-refractivity contribution in [3.05, 3.63) is 54.1 Å². The van der Waals surface area contributed by atoms with E-state index in [4.69, 9.17) is 4.74 Å². The summed E-state index contributed by atoms with van der Waals surface area (Å²) in [6, 6.07) is 14.6. The van der Waals surface area contributed by atoms with Gasteiger partial charge in [0.15, 0.2) is 6.61 Å². The van der Waals surface area contributed by atoms with Gasteiger partial charge in [0.25, 0.3) is 5.91 Å². The summed E-state index contributed by atoms with van der Waals surface area (Å²) in [5.41, 5.74) is 1.96. The van der Waals surface area contributed by atoms with Gasteiger partial charge in [-0.15, -0.1) is 0 Å². The van der Waals surface area contributed by atoms with Crippen LogP contribution in [0.2, 0.25) is 0 Å². The minimum Gasteiger partial charge on any atom is -0.484 e. The van der Waals surface area contributed by atoms with Crippen LogP contribution in [-0.2, 0) is 9.59 Å². The van der Waals surface area contributed by atoms with E-state index < -0.39 is 5.41 Å². The van der Waals surface area contributed by atoms with Crippen LogP contribution < -0.4 is 15.4 Å². The van der Waals surface area contributed by atoms with Crippen LogP contribution in [0, 0.1) is 12.3 Å². The third-order valence-corrected chi connectivity index (χ3v) is 3.44. The lowest BCUT2D eigenvalue weighted by Crippen LogP contribution is -2.27. The molecule has 0 heterocycles. The minimum absolute atomic E-state index is 0.0816. The lowest BCUT2D eigenvalue weighted by Gasteiger charge is -2.18. The number of aryl methyl sites for hydroxylation is 1. The van der Waals surface area contributed by atoms with Crippen LogP contribution in [0.15, 0.2) is 48.5 Å². The predicted octanol–water partition coefficient (Wildman–Crippen LogP) is 4.00. The summed E-state index contributed by atoms with van der Waals surface area (Å²) in [5.74, 6) is 0.197. The van der Waals surface area contributed by atoms with Crippen molar-refractivity contribution in [3.8, 4) is 5.75 Å². The molecule has 0 unspecified atom stereocenters. The molecular formula is C20H24N2O3. The smallest absolute Gasteiger partial charge is 0.262 e. The molecule has 2 amide bonds. The lowest BCUT2D eigenvalue weighted by atomic mass is 9.95. The van der Waals surface area contributed by atoms with Crippen LogP contribution >= 0.6 is 0 Å². The Morgan fingerprint density at radius 2 is 1.60 bits per heavy atom. The molecule has 0 spiro atoms. The molecule has 5 heteroatoms. The zero-order valence-corrected chi connectivity index (χ0v) is 15.1. The van der Waals surface area contributed by atoms with E-state index in [1.54, 1.807) is 24.3 Å². The summed E-state index contributed by atoms with van der Waals surface area (Å²) in [4.78, 5) is 24.0. The Hall–Kier alpha value is -2.82. The average Bonchev–Trinajstić information content (AvgIpc) is 2.52. The monoisotopic (exact) mass is 340 g/mol. The molecule has 0 aromatic heterocycles. The maximum atomic E-state index is 12.0. The van der Waals surface area contributed by atoms with Gasteiger partial charge in [-0.3, -0.25) is 9.59 Å². The van der Waals surface area contributed by atoms with Gasteiger partial charge in [-0.05, 0) is 36.8 Å². The molecule has 2 aromatic carbocycles. The van der Waals surface area contributed by atoms with Crippen molar-refractivity contribution >= 4 is 23.2 Å². The first kappa shape index (κ1) is 18.5. The number of nitrogens with one attached hydrogen (secondary N) is 2. The largest absolute Gasteiger partial charge is 0.484 e. The molecular weight excluding hydrogens is 316 g/mol. The normalized spacial score (nSPS) is 10.9. The SMILES string of the molecule is Cc1cccc(NC(=O)COc2cccc(NC(=O)C(C)(C)C)c2)c1. The summed E-state index contributed by atoms with van der Waals surface area (Å²) in [6.45, 7) is 7.39. The Kier molecular flexibility index (Phi) is 5.80. The summed E-state index contributed by atoms with van der Waals surface area (Å²) >= 11 is 0. The molecule has 25 heavy (non-hydrogen) atoms. The first-order valence-corrected chi connectivity index (χ1v) is 8.15. The van der Waals surface area contributed by atoms with Crippen molar-refractivity contribution in [3.63, 3.8) is 0 Å². The second-order valence-electron chi connectivity index (χ2n) is 6.94. The molecule has 0 saturated carbocycles. The molecule has 2 N–H and O–H groups in total. The fourth-order valence-corrected chi connectivity index (χ4v) is 2.05. The van der Waals surface area contributed by atoms with Crippen LogP contribution in [0.4, 0.5) is 11.4 Å². The van der Waals surface area contributed by atoms with Crippen molar-refractivity contribution in [1.82, 2.24) is 0 Å². The van der Waals surface area contributed by atoms with E-state index in [1.807, 2.05) is 52.0 Å². The number of amides is 2. The zero-order chi connectivity index (χ0) is 18.4. The summed E-state index contributed by atoms with van der Waals surface area (Å²) in [5, 5.41) is 5.62. The van der Waals surface area contributed by atoms with Crippen molar-refractivity contribution < 1.29 is 14.3 Å². The highest BCUT2D eigenvalue weighted by molar-refractivity contribution is 5.94. The second-order valence-corrected chi connectivity index (χ2v) is 6.94. The maximum absolute atomic E-state index is 12.0. The number of hydrogen-bond donors (Lipinski definition) is 2. The molecule has 2 aromatic rings. The molecule has 5 nitrogen and oxygen atoms in total. The molecule has 0 atom stereocenters. The molecule has 0 aliphatic rings. The summed E-state index contributed by atoms with van der Waals surface area (Å²) < 4.78 is 5.51. The number of ether oxygens (including phenoxy) is 1. The van der Waals surface area contributed by atoms with Gasteiger partial charge in [0.2, 0.25) is 5.91 Å². The Labute approximate surface area is 148 Å². The third-order valence-electron chi connectivity index (χ3n) is 3.44. The number of anilines is 2. The molecule has 132 valence electrons. The highest BCUT2D eigenvalue weighted by atomic mass is 16.5. The van der Waals surface area contributed by atoms with Crippen LogP contribution in [0.3, 0.4) is 0 Å². The molecule has 0 aliphatic heterocycles. The molecule has 0 saturated heterocycles. The van der Waals surface area contributed by atoms with Crippen molar-refractivity contribution in [2.45, 2.75) is 27.7 Å². The number of hydrogen-bond acceptors (Lipinski definition) is 3. The summed E-state index contributed by atoms with van der Waals surface area (Å²) in [7, 11) is 0. The van der Waals surface area contributed by atoms with E-state index in [-0.39, 0.29) is 18.4 Å². The van der Waals surface area contributed by atoms with E-state index in [0.717, 1.165) is 11.3 Å². The Morgan fingerprint density at radius 3 is 2.24 bits per heavy atom. The topological polar surface area (TPSA) is 67.4 Å². The quantitative estimate of drug-likeness (QED) is 0.864. The third kappa shape index (κ3) is 5.95. The van der Waals surface area contributed by atoms with E-state index in [9.17, 15) is 9.59 Å². The Bertz CT molecular complexity index is 764. The van der Waals surface area contributed by atoms with Gasteiger partial charge < -0.3 is 15.4 Å². The minimum atomic E-state index is -0.482. The van der Waals surface area contributed by atoms with Gasteiger partial charge in [-0.2, -0.15) is 0 Å². The van der Waals surface area contributed by atoms with Gasteiger partial charge in [0, 0.05) is 22.9 Å². The highest BCUT2D eigenvalue weighted by Gasteiger charge is 2.21. The standard InChI is InChI=1S/C20H24N2O3/c1-14-7-5-8-15(11-14)21-18(23)13-25-17-10-6-9-16(12-17)22-19(24)20(2,3)4/h5-12H,13H2,1-4H3,(H,21,23)(H,22,24). The van der Waals surface area contributed by atoms with E-state index in [1.165, 1.54) is 0 Å². The van der Waals surface area contributed by atoms with Gasteiger partial charge >= 0.3 is 0 Å². The van der Waals surface area contributed by atoms with Gasteiger partial charge in [0.1, 0.15) is 5.75 Å². The maximum Gasteiger partial charge on any atom is 0.262 e. The number of carbonyl (C=O) groups excluding carboxylic acids is 2. The van der Waals surface area contributed by atoms with Gasteiger partial charge in [-0.25, -0.2) is 0 Å². The number of benzene rings is 2. The van der Waals surface area contributed by atoms with Crippen LogP contribution in [-0.4, -0.2) is 18.4 Å². The Balaban J connectivity index is 1.91. The van der Waals surface area contributed by atoms with Gasteiger partial charge in [0.05, 0.1) is 0 Å². The molecule has 2 rings (SSSR count). The molecule has 0 fully saturated rings. The number of carbonyl (C=O) groups is 2. The van der Waals surface area contributed by atoms with Crippen molar-refractivity contribution in [2.75, 3.05) is 17.2 Å². The van der Waals surface area contributed by atoms with Crippen molar-refractivity contribution in [2.24, 2.45) is 5.41 Å². The van der Waals surface area contributed by atoms with E-state index in [2.05, 4.69) is 10.6 Å². The number of rotatable bonds is 5. The second kappa shape index (κ2) is 7.83. The fourth-order valence-electron chi connectivity index (χ4n) is 2.05. The van der Waals surface area contributed by atoms with E-state index >= 15 is 0 Å². The van der Waals surface area contributed by atoms with Crippen LogP contribution in [0.25, 0.3) is 0 Å². The fraction of sp³-hybridized carbons (Fsp3) is 0.300. The van der Waals surface area contributed by atoms with Crippen LogP contribution in [0.5, 0.6) is 5.75 Å². The summed E-state index contributed by atoms with van der Waals surface area (Å²) in [6.07, 6.45) is 0. The molecule has 0 bridgehead atoms. The predicted molar refractivity (Wildman–Crippen MR) is 99.8 cm³/mol. The average molecular weight is 340 g/mol. The van der Waals surface area contributed by atoms with Crippen LogP contribution in [0.1, 0.15) is 26.3 Å². The Morgan fingerprint density at radius 1 is 0.960 bits per heavy atom. The van der Waals surface area contributed by atoms with E-state index in [0.29, 0.717) is 11.4 Å². The molecule has 0 radical (unpaired) electrons. The first-order chi connectivity index (χ1) is 11.7. The lowest BCUT2D eigenvalue weighted by molar-refractivity contribution is -0.123. The first-order valence-electron chi connectivity index (χ1n) is 8.15.